The molecule has 0 saturated heterocycles. The van der Waals surface area contributed by atoms with Crippen LogP contribution in [0.1, 0.15) is 22.4 Å². The topological polar surface area (TPSA) is 51.6 Å². The lowest BCUT2D eigenvalue weighted by Crippen LogP contribution is -2.09. The number of benzene rings is 2. The van der Waals surface area contributed by atoms with Crippen LogP contribution in [-0.4, -0.2) is 16.6 Å². The van der Waals surface area contributed by atoms with Crippen molar-refractivity contribution < 1.29 is 36.5 Å². The quantitative estimate of drug-likeness (QED) is 0.293. The zero-order valence-electron chi connectivity index (χ0n) is 16.8. The van der Waals surface area contributed by atoms with Gasteiger partial charge in [0.1, 0.15) is 17.2 Å². The summed E-state index contributed by atoms with van der Waals surface area (Å²) in [5.74, 6) is -2.66. The fraction of sp³-hybridized carbons (Fsp3) is 0.227. The molecule has 0 atom stereocenters. The number of aliphatic hydroxyl groups is 1. The van der Waals surface area contributed by atoms with Crippen molar-refractivity contribution in [2.75, 3.05) is 7.11 Å². The standard InChI is InChI=1S/C22H18F5NO3S/c1-12(29)6-7-13-8-17(23)20(18(24)9-13)31-11-16-19(28-32-21(16)22(25,26)27)14-4-3-5-15(10-14)30-2/h3-5,8-10,29H,1,6-7,11H2,2H3. The van der Waals surface area contributed by atoms with Crippen molar-refractivity contribution in [2.45, 2.75) is 25.6 Å². The summed E-state index contributed by atoms with van der Waals surface area (Å²) in [5, 5.41) is 9.13. The van der Waals surface area contributed by atoms with E-state index >= 15 is 0 Å². The molecule has 0 radical (unpaired) electrons. The minimum absolute atomic E-state index is 0.0138. The Morgan fingerprint density at radius 3 is 2.44 bits per heavy atom. The van der Waals surface area contributed by atoms with E-state index in [1.807, 2.05) is 0 Å². The molecule has 1 aromatic heterocycles. The molecule has 0 unspecified atom stereocenters. The molecule has 32 heavy (non-hydrogen) atoms. The summed E-state index contributed by atoms with van der Waals surface area (Å²) in [6.07, 6.45) is -4.48. The number of methoxy groups -OCH3 is 1. The van der Waals surface area contributed by atoms with Gasteiger partial charge in [0, 0.05) is 17.5 Å². The molecule has 10 heteroatoms. The molecule has 0 aliphatic carbocycles. The highest BCUT2D eigenvalue weighted by atomic mass is 32.1. The molecule has 0 bridgehead atoms. The maximum absolute atomic E-state index is 14.4. The first kappa shape index (κ1) is 23.5. The number of rotatable bonds is 8. The number of alkyl halides is 3. The van der Waals surface area contributed by atoms with Crippen LogP contribution in [0.2, 0.25) is 0 Å². The Morgan fingerprint density at radius 2 is 1.84 bits per heavy atom. The van der Waals surface area contributed by atoms with Crippen LogP contribution in [-0.2, 0) is 19.2 Å². The molecule has 0 saturated carbocycles. The second kappa shape index (κ2) is 9.56. The van der Waals surface area contributed by atoms with E-state index in [9.17, 15) is 22.0 Å². The summed E-state index contributed by atoms with van der Waals surface area (Å²) in [6, 6.07) is 8.26. The molecule has 4 nitrogen and oxygen atoms in total. The minimum atomic E-state index is -4.72. The second-order valence-corrected chi connectivity index (χ2v) is 7.59. The van der Waals surface area contributed by atoms with Gasteiger partial charge in [-0.1, -0.05) is 18.7 Å². The van der Waals surface area contributed by atoms with E-state index in [-0.39, 0.29) is 47.0 Å². The van der Waals surface area contributed by atoms with Crippen LogP contribution in [0.15, 0.2) is 48.7 Å². The molecule has 1 N–H and O–H groups in total. The average molecular weight is 471 g/mol. The van der Waals surface area contributed by atoms with Crippen LogP contribution in [0.4, 0.5) is 22.0 Å². The lowest BCUT2D eigenvalue weighted by Gasteiger charge is -2.13. The molecule has 1 heterocycles. The van der Waals surface area contributed by atoms with Gasteiger partial charge in [-0.3, -0.25) is 0 Å². The van der Waals surface area contributed by atoms with Gasteiger partial charge < -0.3 is 14.6 Å². The Bertz CT molecular complexity index is 1100. The van der Waals surface area contributed by atoms with Gasteiger partial charge in [-0.25, -0.2) is 8.78 Å². The summed E-state index contributed by atoms with van der Waals surface area (Å²) in [4.78, 5) is -1.02. The number of halogens is 5. The third-order valence-electron chi connectivity index (χ3n) is 4.51. The van der Waals surface area contributed by atoms with Crippen molar-refractivity contribution in [1.29, 1.82) is 0 Å². The molecule has 3 aromatic rings. The van der Waals surface area contributed by atoms with Crippen LogP contribution in [0.5, 0.6) is 11.5 Å². The van der Waals surface area contributed by atoms with E-state index in [1.54, 1.807) is 18.2 Å². The van der Waals surface area contributed by atoms with Crippen molar-refractivity contribution in [3.05, 3.63) is 76.4 Å². The summed E-state index contributed by atoms with van der Waals surface area (Å²) in [5.41, 5.74) is 0.235. The number of hydrogen-bond donors (Lipinski definition) is 1. The van der Waals surface area contributed by atoms with Crippen LogP contribution in [0.3, 0.4) is 0 Å². The molecule has 2 aromatic carbocycles. The van der Waals surface area contributed by atoms with Gasteiger partial charge in [0.25, 0.3) is 0 Å². The highest BCUT2D eigenvalue weighted by Crippen LogP contribution is 2.41. The molecular formula is C22H18F5NO3S. The van der Waals surface area contributed by atoms with Gasteiger partial charge in [-0.2, -0.15) is 17.5 Å². The van der Waals surface area contributed by atoms with Crippen LogP contribution in [0.25, 0.3) is 11.3 Å². The average Bonchev–Trinajstić information content (AvgIpc) is 3.16. The minimum Gasteiger partial charge on any atom is -0.513 e. The zero-order chi connectivity index (χ0) is 23.5. The van der Waals surface area contributed by atoms with Gasteiger partial charge in [0.15, 0.2) is 17.4 Å². The molecule has 0 aliphatic heterocycles. The van der Waals surface area contributed by atoms with Gasteiger partial charge >= 0.3 is 6.18 Å². The number of aliphatic hydroxyl groups excluding tert-OH is 1. The summed E-state index contributed by atoms with van der Waals surface area (Å²) >= 11 is 0.231. The molecular weight excluding hydrogens is 453 g/mol. The summed E-state index contributed by atoms with van der Waals surface area (Å²) < 4.78 is 83.6. The van der Waals surface area contributed by atoms with E-state index in [2.05, 4.69) is 11.0 Å². The van der Waals surface area contributed by atoms with Crippen molar-refractivity contribution in [3.8, 4) is 22.8 Å². The van der Waals surface area contributed by atoms with Crippen molar-refractivity contribution in [1.82, 2.24) is 4.37 Å². The molecule has 170 valence electrons. The highest BCUT2D eigenvalue weighted by Gasteiger charge is 2.38. The van der Waals surface area contributed by atoms with E-state index in [0.29, 0.717) is 11.3 Å². The first-order valence-corrected chi connectivity index (χ1v) is 10.0. The normalized spacial score (nSPS) is 11.4. The number of aromatic nitrogens is 1. The van der Waals surface area contributed by atoms with E-state index in [0.717, 1.165) is 12.1 Å². The van der Waals surface area contributed by atoms with E-state index in [1.165, 1.54) is 13.2 Å². The maximum Gasteiger partial charge on any atom is 0.427 e. The molecule has 0 amide bonds. The van der Waals surface area contributed by atoms with E-state index in [4.69, 9.17) is 14.6 Å². The summed E-state index contributed by atoms with van der Waals surface area (Å²) in [7, 11) is 1.41. The Labute approximate surface area is 184 Å². The third-order valence-corrected chi connectivity index (χ3v) is 5.44. The van der Waals surface area contributed by atoms with Gasteiger partial charge in [0.2, 0.25) is 0 Å². The van der Waals surface area contributed by atoms with Crippen molar-refractivity contribution in [2.24, 2.45) is 0 Å². The Kier molecular flexibility index (Phi) is 7.02. The molecule has 0 spiro atoms. The van der Waals surface area contributed by atoms with Crippen molar-refractivity contribution >= 4 is 11.5 Å². The van der Waals surface area contributed by atoms with Crippen LogP contribution >= 0.6 is 11.5 Å². The smallest absolute Gasteiger partial charge is 0.427 e. The number of ether oxygens (including phenoxy) is 2. The lowest BCUT2D eigenvalue weighted by molar-refractivity contribution is -0.135. The van der Waals surface area contributed by atoms with Crippen LogP contribution in [0, 0.1) is 11.6 Å². The molecule has 0 fully saturated rings. The number of hydrogen-bond acceptors (Lipinski definition) is 5. The monoisotopic (exact) mass is 471 g/mol. The first-order valence-electron chi connectivity index (χ1n) is 9.27. The fourth-order valence-corrected chi connectivity index (χ4v) is 3.76. The van der Waals surface area contributed by atoms with Crippen molar-refractivity contribution in [3.63, 3.8) is 0 Å². The predicted octanol–water partition coefficient (Wildman–Crippen LogP) is 6.70. The van der Waals surface area contributed by atoms with Crippen LogP contribution < -0.4 is 9.47 Å². The fourth-order valence-electron chi connectivity index (χ4n) is 2.99. The lowest BCUT2D eigenvalue weighted by atomic mass is 10.1. The number of allylic oxidation sites excluding steroid dienone is 1. The third kappa shape index (κ3) is 5.37. The zero-order valence-corrected chi connectivity index (χ0v) is 17.6. The van der Waals surface area contributed by atoms with Gasteiger partial charge in [-0.15, -0.1) is 0 Å². The molecule has 3 rings (SSSR count). The predicted molar refractivity (Wildman–Crippen MR) is 110 cm³/mol. The first-order chi connectivity index (χ1) is 15.1. The van der Waals surface area contributed by atoms with Gasteiger partial charge in [-0.05, 0) is 47.8 Å². The Morgan fingerprint density at radius 1 is 1.16 bits per heavy atom. The van der Waals surface area contributed by atoms with E-state index < -0.39 is 35.0 Å². The second-order valence-electron chi connectivity index (χ2n) is 6.81. The number of aryl methyl sites for hydroxylation is 1. The maximum atomic E-state index is 14.4. The van der Waals surface area contributed by atoms with Gasteiger partial charge in [0.05, 0.1) is 18.6 Å². The number of nitrogens with zero attached hydrogens (tertiary/aromatic N) is 1. The molecule has 0 aliphatic rings. The Hall–Kier alpha value is -3.14. The highest BCUT2D eigenvalue weighted by molar-refractivity contribution is 7.06. The Balaban J connectivity index is 1.93. The SMILES string of the molecule is C=C(O)CCc1cc(F)c(OCc2c(-c3cccc(OC)c3)nsc2C(F)(F)F)c(F)c1. The largest absolute Gasteiger partial charge is 0.513 e. The summed E-state index contributed by atoms with van der Waals surface area (Å²) in [6.45, 7) is 2.55.